The first kappa shape index (κ1) is 16.2. The SMILES string of the molecule is CCOC(=O)c1cc2oc3ccc(Cl)cc3c(=O)c2nc1NOC. The summed E-state index contributed by atoms with van der Waals surface area (Å²) in [5.74, 6) is -0.539. The Morgan fingerprint density at radius 3 is 2.83 bits per heavy atom. The summed E-state index contributed by atoms with van der Waals surface area (Å²) in [6.45, 7) is 1.89. The van der Waals surface area contributed by atoms with Crippen molar-refractivity contribution in [2.75, 3.05) is 19.2 Å². The van der Waals surface area contributed by atoms with Crippen LogP contribution >= 0.6 is 11.6 Å². The molecule has 0 aliphatic carbocycles. The largest absolute Gasteiger partial charge is 0.462 e. The number of benzene rings is 1. The third-order valence-electron chi connectivity index (χ3n) is 3.30. The summed E-state index contributed by atoms with van der Waals surface area (Å²) in [6.07, 6.45) is 0. The lowest BCUT2D eigenvalue weighted by Crippen LogP contribution is -2.13. The number of halogens is 1. The first-order valence-electron chi connectivity index (χ1n) is 7.08. The van der Waals surface area contributed by atoms with Crippen LogP contribution in [0.4, 0.5) is 5.82 Å². The number of carbonyl (C=O) groups excluding carboxylic acids is 1. The molecule has 3 rings (SSSR count). The highest BCUT2D eigenvalue weighted by Gasteiger charge is 2.19. The van der Waals surface area contributed by atoms with Gasteiger partial charge >= 0.3 is 5.97 Å². The van der Waals surface area contributed by atoms with Crippen LogP contribution in [0.15, 0.2) is 33.5 Å². The van der Waals surface area contributed by atoms with Gasteiger partial charge in [0.2, 0.25) is 5.43 Å². The number of rotatable bonds is 4. The molecule has 0 saturated carbocycles. The fourth-order valence-corrected chi connectivity index (χ4v) is 2.46. The van der Waals surface area contributed by atoms with Gasteiger partial charge < -0.3 is 9.15 Å². The maximum atomic E-state index is 12.6. The molecular formula is C16H13ClN2O5. The van der Waals surface area contributed by atoms with Crippen LogP contribution in [0.3, 0.4) is 0 Å². The monoisotopic (exact) mass is 348 g/mol. The van der Waals surface area contributed by atoms with E-state index in [1.165, 1.54) is 19.2 Å². The second kappa shape index (κ2) is 6.46. The molecule has 0 bridgehead atoms. The van der Waals surface area contributed by atoms with Gasteiger partial charge in [0, 0.05) is 11.1 Å². The Labute approximate surface area is 141 Å². The van der Waals surface area contributed by atoms with E-state index in [-0.39, 0.29) is 34.5 Å². The standard InChI is InChI=1S/C16H13ClN2O5/c1-3-23-16(21)10-7-12-13(18-15(10)19-22-2)14(20)9-6-8(17)4-5-11(9)24-12/h4-7H,3H2,1-2H3,(H,18,19). The Bertz CT molecular complexity index is 999. The van der Waals surface area contributed by atoms with Crippen molar-refractivity contribution in [3.05, 3.63) is 45.1 Å². The Hall–Kier alpha value is -2.64. The van der Waals surface area contributed by atoms with E-state index >= 15 is 0 Å². The molecule has 124 valence electrons. The summed E-state index contributed by atoms with van der Waals surface area (Å²) in [7, 11) is 1.36. The highest BCUT2D eigenvalue weighted by atomic mass is 35.5. The van der Waals surface area contributed by atoms with Crippen LogP contribution in [0.2, 0.25) is 5.02 Å². The highest BCUT2D eigenvalue weighted by Crippen LogP contribution is 2.24. The molecule has 0 atom stereocenters. The average molecular weight is 349 g/mol. The number of nitrogens with one attached hydrogen (secondary N) is 1. The maximum absolute atomic E-state index is 12.6. The van der Waals surface area contributed by atoms with Crippen molar-refractivity contribution < 1.29 is 18.8 Å². The van der Waals surface area contributed by atoms with Crippen LogP contribution in [0.25, 0.3) is 22.1 Å². The Morgan fingerprint density at radius 1 is 1.33 bits per heavy atom. The molecule has 1 N–H and O–H groups in total. The normalized spacial score (nSPS) is 11.0. The van der Waals surface area contributed by atoms with Gasteiger partial charge in [0.25, 0.3) is 0 Å². The molecule has 0 amide bonds. The van der Waals surface area contributed by atoms with E-state index in [0.717, 1.165) is 0 Å². The summed E-state index contributed by atoms with van der Waals surface area (Å²) >= 11 is 5.93. The number of esters is 1. The van der Waals surface area contributed by atoms with E-state index in [1.54, 1.807) is 19.1 Å². The van der Waals surface area contributed by atoms with Crippen molar-refractivity contribution in [3.8, 4) is 0 Å². The van der Waals surface area contributed by atoms with Crippen molar-refractivity contribution in [2.45, 2.75) is 6.92 Å². The molecule has 0 spiro atoms. The van der Waals surface area contributed by atoms with Gasteiger partial charge in [-0.05, 0) is 25.1 Å². The lowest BCUT2D eigenvalue weighted by Gasteiger charge is -2.10. The van der Waals surface area contributed by atoms with Crippen molar-refractivity contribution in [2.24, 2.45) is 0 Å². The minimum Gasteiger partial charge on any atom is -0.462 e. The second-order valence-electron chi connectivity index (χ2n) is 4.83. The van der Waals surface area contributed by atoms with Gasteiger partial charge in [0.1, 0.15) is 11.1 Å². The fourth-order valence-electron chi connectivity index (χ4n) is 2.29. The molecule has 24 heavy (non-hydrogen) atoms. The van der Waals surface area contributed by atoms with Crippen molar-refractivity contribution in [3.63, 3.8) is 0 Å². The van der Waals surface area contributed by atoms with Crippen molar-refractivity contribution in [1.29, 1.82) is 0 Å². The quantitative estimate of drug-likeness (QED) is 0.440. The molecule has 1 aromatic carbocycles. The number of ether oxygens (including phenoxy) is 1. The summed E-state index contributed by atoms with van der Waals surface area (Å²) < 4.78 is 10.7. The van der Waals surface area contributed by atoms with Crippen LogP contribution in [0.1, 0.15) is 17.3 Å². The zero-order valence-electron chi connectivity index (χ0n) is 12.9. The van der Waals surface area contributed by atoms with Crippen LogP contribution in [-0.4, -0.2) is 24.7 Å². The summed E-state index contributed by atoms with van der Waals surface area (Å²) in [6, 6.07) is 6.10. The first-order chi connectivity index (χ1) is 11.5. The van der Waals surface area contributed by atoms with E-state index in [2.05, 4.69) is 10.5 Å². The molecule has 2 heterocycles. The Balaban J connectivity index is 2.33. The highest BCUT2D eigenvalue weighted by molar-refractivity contribution is 6.31. The minimum atomic E-state index is -0.606. The molecule has 0 aliphatic heterocycles. The molecule has 8 heteroatoms. The molecule has 7 nitrogen and oxygen atoms in total. The van der Waals surface area contributed by atoms with Gasteiger partial charge in [0.05, 0.1) is 19.1 Å². The van der Waals surface area contributed by atoms with E-state index in [4.69, 9.17) is 25.6 Å². The number of nitrogens with zero attached hydrogens (tertiary/aromatic N) is 1. The summed E-state index contributed by atoms with van der Waals surface area (Å²) in [5, 5.41) is 0.710. The maximum Gasteiger partial charge on any atom is 0.342 e. The number of pyridine rings is 1. The molecule has 3 aromatic rings. The molecule has 0 unspecified atom stereocenters. The zero-order chi connectivity index (χ0) is 17.3. The van der Waals surface area contributed by atoms with E-state index in [0.29, 0.717) is 16.0 Å². The third kappa shape index (κ3) is 2.79. The number of hydrogen-bond acceptors (Lipinski definition) is 7. The fraction of sp³-hybridized carbons (Fsp3) is 0.188. The van der Waals surface area contributed by atoms with E-state index in [1.807, 2.05) is 0 Å². The van der Waals surface area contributed by atoms with Crippen LogP contribution in [-0.2, 0) is 9.57 Å². The third-order valence-corrected chi connectivity index (χ3v) is 3.54. The number of aromatic nitrogens is 1. The van der Waals surface area contributed by atoms with Gasteiger partial charge in [-0.15, -0.1) is 0 Å². The second-order valence-corrected chi connectivity index (χ2v) is 5.27. The van der Waals surface area contributed by atoms with Gasteiger partial charge in [-0.2, -0.15) is 0 Å². The predicted octanol–water partition coefficient (Wildman–Crippen LogP) is 3.14. The number of hydrogen-bond donors (Lipinski definition) is 1. The van der Waals surface area contributed by atoms with E-state index < -0.39 is 5.97 Å². The lowest BCUT2D eigenvalue weighted by molar-refractivity contribution is 0.0526. The minimum absolute atomic E-state index is 0.0531. The molecular weight excluding hydrogens is 336 g/mol. The lowest BCUT2D eigenvalue weighted by atomic mass is 10.1. The Kier molecular flexibility index (Phi) is 4.37. The van der Waals surface area contributed by atoms with Crippen molar-refractivity contribution in [1.82, 2.24) is 4.98 Å². The summed E-state index contributed by atoms with van der Waals surface area (Å²) in [5.41, 5.74) is 2.78. The number of fused-ring (bicyclic) bond motifs is 2. The molecule has 0 fully saturated rings. The van der Waals surface area contributed by atoms with Gasteiger partial charge in [0.15, 0.2) is 16.9 Å². The van der Waals surface area contributed by atoms with Crippen LogP contribution in [0, 0.1) is 0 Å². The predicted molar refractivity (Wildman–Crippen MR) is 89.4 cm³/mol. The first-order valence-corrected chi connectivity index (χ1v) is 7.46. The van der Waals surface area contributed by atoms with Crippen LogP contribution in [0.5, 0.6) is 0 Å². The van der Waals surface area contributed by atoms with Crippen molar-refractivity contribution >= 4 is 45.5 Å². The van der Waals surface area contributed by atoms with Gasteiger partial charge in [-0.1, -0.05) is 11.6 Å². The zero-order valence-corrected chi connectivity index (χ0v) is 13.6. The molecule has 0 aliphatic rings. The van der Waals surface area contributed by atoms with E-state index in [9.17, 15) is 9.59 Å². The van der Waals surface area contributed by atoms with Gasteiger partial charge in [-0.25, -0.2) is 15.3 Å². The Morgan fingerprint density at radius 2 is 2.12 bits per heavy atom. The molecule has 2 aromatic heterocycles. The topological polar surface area (TPSA) is 90.7 Å². The average Bonchev–Trinajstić information content (AvgIpc) is 2.56. The molecule has 0 radical (unpaired) electrons. The number of carbonyl (C=O) groups is 1. The smallest absolute Gasteiger partial charge is 0.342 e. The number of anilines is 1. The molecule has 0 saturated heterocycles. The van der Waals surface area contributed by atoms with Gasteiger partial charge in [-0.3, -0.25) is 9.63 Å². The van der Waals surface area contributed by atoms with Crippen LogP contribution < -0.4 is 10.9 Å². The summed E-state index contributed by atoms with van der Waals surface area (Å²) in [4.78, 5) is 33.7.